The van der Waals surface area contributed by atoms with Crippen molar-refractivity contribution in [3.05, 3.63) is 0 Å². The third-order valence-electron chi connectivity index (χ3n) is 0.824. The SMILES string of the molecule is O=C(O)NCC(O)C(F)(F)F. The first-order valence-corrected chi connectivity index (χ1v) is 2.55. The highest BCUT2D eigenvalue weighted by Crippen LogP contribution is 2.18. The minimum Gasteiger partial charge on any atom is -0.465 e. The normalized spacial score (nSPS) is 14.2. The molecule has 0 aromatic carbocycles. The standard InChI is InChI=1S/C4H6F3NO3/c5-4(6,7)2(9)1-8-3(10)11/h2,8-9H,1H2,(H,10,11). The van der Waals surface area contributed by atoms with E-state index in [4.69, 9.17) is 10.2 Å². The van der Waals surface area contributed by atoms with Gasteiger partial charge in [0.05, 0.1) is 6.54 Å². The van der Waals surface area contributed by atoms with Crippen LogP contribution < -0.4 is 5.32 Å². The largest absolute Gasteiger partial charge is 0.465 e. The molecule has 0 bridgehead atoms. The number of hydrogen-bond donors (Lipinski definition) is 3. The summed E-state index contributed by atoms with van der Waals surface area (Å²) in [5, 5.41) is 17.4. The van der Waals surface area contributed by atoms with E-state index in [1.807, 2.05) is 0 Å². The molecule has 1 amide bonds. The van der Waals surface area contributed by atoms with Gasteiger partial charge in [-0.05, 0) is 0 Å². The fourth-order valence-corrected chi connectivity index (χ4v) is 0.300. The monoisotopic (exact) mass is 173 g/mol. The minimum absolute atomic E-state index is 1.04. The number of halogens is 3. The minimum atomic E-state index is -4.78. The molecule has 66 valence electrons. The van der Waals surface area contributed by atoms with Crippen LogP contribution in [0.15, 0.2) is 0 Å². The van der Waals surface area contributed by atoms with Crippen molar-refractivity contribution in [3.63, 3.8) is 0 Å². The zero-order valence-electron chi connectivity index (χ0n) is 5.22. The van der Waals surface area contributed by atoms with Crippen molar-refractivity contribution in [2.75, 3.05) is 6.54 Å². The van der Waals surface area contributed by atoms with E-state index >= 15 is 0 Å². The molecule has 0 saturated carbocycles. The fraction of sp³-hybridized carbons (Fsp3) is 0.750. The van der Waals surface area contributed by atoms with Gasteiger partial charge in [0.15, 0.2) is 6.10 Å². The van der Waals surface area contributed by atoms with Gasteiger partial charge >= 0.3 is 12.3 Å². The maximum Gasteiger partial charge on any atom is 0.416 e. The number of hydrogen-bond acceptors (Lipinski definition) is 2. The molecule has 0 radical (unpaired) electrons. The zero-order chi connectivity index (χ0) is 9.07. The molecule has 0 rings (SSSR count). The van der Waals surface area contributed by atoms with Crippen molar-refractivity contribution in [3.8, 4) is 0 Å². The highest BCUT2D eigenvalue weighted by molar-refractivity contribution is 5.64. The summed E-state index contributed by atoms with van der Waals surface area (Å²) in [7, 11) is 0. The third kappa shape index (κ3) is 4.43. The van der Waals surface area contributed by atoms with Crippen molar-refractivity contribution < 1.29 is 28.2 Å². The molecule has 3 N–H and O–H groups in total. The lowest BCUT2D eigenvalue weighted by Gasteiger charge is -2.13. The van der Waals surface area contributed by atoms with Crippen molar-refractivity contribution in [2.45, 2.75) is 12.3 Å². The molecule has 0 heterocycles. The Hall–Kier alpha value is -0.980. The summed E-state index contributed by atoms with van der Waals surface area (Å²) < 4.78 is 34.2. The lowest BCUT2D eigenvalue weighted by atomic mass is 10.3. The summed E-state index contributed by atoms with van der Waals surface area (Å²) in [5.41, 5.74) is 0. The van der Waals surface area contributed by atoms with Gasteiger partial charge in [-0.1, -0.05) is 0 Å². The molecule has 0 aliphatic heterocycles. The van der Waals surface area contributed by atoms with Gasteiger partial charge in [0.1, 0.15) is 0 Å². The Morgan fingerprint density at radius 2 is 2.00 bits per heavy atom. The van der Waals surface area contributed by atoms with Crippen LogP contribution in [-0.2, 0) is 0 Å². The number of alkyl halides is 3. The van der Waals surface area contributed by atoms with E-state index < -0.39 is 24.9 Å². The molecule has 0 aliphatic rings. The molecule has 0 fully saturated rings. The van der Waals surface area contributed by atoms with Crippen LogP contribution in [-0.4, -0.2) is 35.1 Å². The van der Waals surface area contributed by atoms with Gasteiger partial charge in [-0.3, -0.25) is 0 Å². The molecule has 0 aromatic rings. The number of carbonyl (C=O) groups is 1. The second-order valence-electron chi connectivity index (χ2n) is 1.74. The van der Waals surface area contributed by atoms with Gasteiger partial charge in [0.25, 0.3) is 0 Å². The smallest absolute Gasteiger partial charge is 0.416 e. The Morgan fingerprint density at radius 1 is 1.55 bits per heavy atom. The first kappa shape index (κ1) is 10.0. The molecular formula is C4H6F3NO3. The molecule has 0 aromatic heterocycles. The first-order chi connectivity index (χ1) is 4.84. The van der Waals surface area contributed by atoms with E-state index in [1.165, 1.54) is 5.32 Å². The Kier molecular flexibility index (Phi) is 3.12. The summed E-state index contributed by atoms with van der Waals surface area (Å²) >= 11 is 0. The van der Waals surface area contributed by atoms with Gasteiger partial charge in [0.2, 0.25) is 0 Å². The van der Waals surface area contributed by atoms with Gasteiger partial charge in [0, 0.05) is 0 Å². The zero-order valence-corrected chi connectivity index (χ0v) is 5.22. The molecule has 4 nitrogen and oxygen atoms in total. The van der Waals surface area contributed by atoms with Gasteiger partial charge in [-0.25, -0.2) is 4.79 Å². The van der Waals surface area contributed by atoms with E-state index in [2.05, 4.69) is 0 Å². The highest BCUT2D eigenvalue weighted by Gasteiger charge is 2.38. The Morgan fingerprint density at radius 3 is 2.27 bits per heavy atom. The topological polar surface area (TPSA) is 69.6 Å². The number of aliphatic hydroxyl groups is 1. The molecule has 0 spiro atoms. The molecule has 0 saturated heterocycles. The van der Waals surface area contributed by atoms with Crippen LogP contribution in [0.1, 0.15) is 0 Å². The van der Waals surface area contributed by atoms with Crippen LogP contribution in [0.4, 0.5) is 18.0 Å². The summed E-state index contributed by atoms with van der Waals surface area (Å²) in [5.74, 6) is 0. The third-order valence-corrected chi connectivity index (χ3v) is 0.824. The second kappa shape index (κ2) is 3.42. The molecule has 7 heteroatoms. The number of amides is 1. The second-order valence-corrected chi connectivity index (χ2v) is 1.74. The summed E-state index contributed by atoms with van der Waals surface area (Å²) in [4.78, 5) is 9.64. The maximum atomic E-state index is 11.4. The van der Waals surface area contributed by atoms with Gasteiger partial charge < -0.3 is 15.5 Å². The van der Waals surface area contributed by atoms with Gasteiger partial charge in [-0.2, -0.15) is 13.2 Å². The van der Waals surface area contributed by atoms with E-state index in [-0.39, 0.29) is 0 Å². The average Bonchev–Trinajstić information content (AvgIpc) is 1.80. The fourth-order valence-electron chi connectivity index (χ4n) is 0.300. The molecule has 11 heavy (non-hydrogen) atoms. The average molecular weight is 173 g/mol. The quantitative estimate of drug-likeness (QED) is 0.557. The number of rotatable bonds is 2. The number of nitrogens with one attached hydrogen (secondary N) is 1. The van der Waals surface area contributed by atoms with E-state index in [1.54, 1.807) is 0 Å². The Balaban J connectivity index is 3.70. The van der Waals surface area contributed by atoms with E-state index in [0.29, 0.717) is 0 Å². The summed E-state index contributed by atoms with van der Waals surface area (Å²) in [6, 6.07) is 0. The van der Waals surface area contributed by atoms with Crippen molar-refractivity contribution in [2.24, 2.45) is 0 Å². The Labute approximate surface area is 59.6 Å². The molecule has 0 aliphatic carbocycles. The van der Waals surface area contributed by atoms with Crippen molar-refractivity contribution >= 4 is 6.09 Å². The van der Waals surface area contributed by atoms with E-state index in [0.717, 1.165) is 0 Å². The predicted octanol–water partition coefficient (Wildman–Crippen LogP) is 0.177. The van der Waals surface area contributed by atoms with Crippen molar-refractivity contribution in [1.82, 2.24) is 5.32 Å². The lowest BCUT2D eigenvalue weighted by molar-refractivity contribution is -0.201. The Bertz CT molecular complexity index is 146. The highest BCUT2D eigenvalue weighted by atomic mass is 19.4. The van der Waals surface area contributed by atoms with Crippen LogP contribution in [0, 0.1) is 0 Å². The predicted molar refractivity (Wildman–Crippen MR) is 28.1 cm³/mol. The van der Waals surface area contributed by atoms with E-state index in [9.17, 15) is 18.0 Å². The summed E-state index contributed by atoms with van der Waals surface area (Å²) in [6.07, 6.45) is -9.02. The number of carboxylic acid groups (broad SMARTS) is 1. The molecular weight excluding hydrogens is 167 g/mol. The van der Waals surface area contributed by atoms with Crippen molar-refractivity contribution in [1.29, 1.82) is 0 Å². The van der Waals surface area contributed by atoms with Gasteiger partial charge in [-0.15, -0.1) is 0 Å². The lowest BCUT2D eigenvalue weighted by Crippen LogP contribution is -2.40. The molecule has 1 atom stereocenters. The first-order valence-electron chi connectivity index (χ1n) is 2.55. The van der Waals surface area contributed by atoms with Crippen LogP contribution in [0.2, 0.25) is 0 Å². The maximum absolute atomic E-state index is 11.4. The van der Waals surface area contributed by atoms with Crippen LogP contribution >= 0.6 is 0 Å². The van der Waals surface area contributed by atoms with Crippen LogP contribution in [0.25, 0.3) is 0 Å². The van der Waals surface area contributed by atoms with Crippen LogP contribution in [0.3, 0.4) is 0 Å². The summed E-state index contributed by atoms with van der Waals surface area (Å²) in [6.45, 7) is -1.04. The van der Waals surface area contributed by atoms with Crippen LogP contribution in [0.5, 0.6) is 0 Å². The number of aliphatic hydroxyl groups excluding tert-OH is 1. The molecule has 1 unspecified atom stereocenters.